The largest absolute Gasteiger partial charge is 0.313 e. The molecule has 1 aromatic rings. The Morgan fingerprint density at radius 2 is 2.16 bits per heavy atom. The Bertz CT molecular complexity index is 389. The molecule has 0 aromatic heterocycles. The van der Waals surface area contributed by atoms with Crippen LogP contribution in [0.5, 0.6) is 0 Å². The van der Waals surface area contributed by atoms with Crippen LogP contribution >= 0.6 is 0 Å². The number of hydrogen-bond acceptors (Lipinski definition) is 2. The van der Waals surface area contributed by atoms with Gasteiger partial charge in [0.05, 0.1) is 0 Å². The molecule has 1 aliphatic rings. The molecule has 0 radical (unpaired) electrons. The highest BCUT2D eigenvalue weighted by molar-refractivity contribution is 5.22. The van der Waals surface area contributed by atoms with Crippen molar-refractivity contribution in [2.45, 2.75) is 46.2 Å². The van der Waals surface area contributed by atoms with Crippen molar-refractivity contribution >= 4 is 0 Å². The Balaban J connectivity index is 1.92. The maximum atomic E-state index is 3.69. The van der Waals surface area contributed by atoms with Crippen molar-refractivity contribution in [3.05, 3.63) is 35.4 Å². The van der Waals surface area contributed by atoms with Gasteiger partial charge in [0.15, 0.2) is 0 Å². The number of benzene rings is 1. The summed E-state index contributed by atoms with van der Waals surface area (Å²) in [6.07, 6.45) is 2.55. The van der Waals surface area contributed by atoms with Gasteiger partial charge in [0.25, 0.3) is 0 Å². The molecule has 0 saturated carbocycles. The van der Waals surface area contributed by atoms with E-state index in [9.17, 15) is 0 Å². The van der Waals surface area contributed by atoms with E-state index in [-0.39, 0.29) is 0 Å². The molecule has 2 nitrogen and oxygen atoms in total. The van der Waals surface area contributed by atoms with E-state index >= 15 is 0 Å². The average Bonchev–Trinajstić information content (AvgIpc) is 2.35. The molecule has 1 fully saturated rings. The van der Waals surface area contributed by atoms with E-state index in [4.69, 9.17) is 0 Å². The van der Waals surface area contributed by atoms with Crippen LogP contribution in [-0.2, 0) is 6.54 Å². The van der Waals surface area contributed by atoms with Crippen LogP contribution in [0.2, 0.25) is 0 Å². The first-order chi connectivity index (χ1) is 9.17. The summed E-state index contributed by atoms with van der Waals surface area (Å²) in [5.74, 6) is 0.799. The molecule has 19 heavy (non-hydrogen) atoms. The molecule has 0 spiro atoms. The normalized spacial score (nSPS) is 24.6. The van der Waals surface area contributed by atoms with Gasteiger partial charge in [-0.1, -0.05) is 43.7 Å². The molecule has 0 aliphatic carbocycles. The Hall–Kier alpha value is -0.860. The first kappa shape index (κ1) is 14.5. The van der Waals surface area contributed by atoms with E-state index in [0.29, 0.717) is 6.04 Å². The topological polar surface area (TPSA) is 15.3 Å². The molecule has 106 valence electrons. The van der Waals surface area contributed by atoms with Gasteiger partial charge in [-0.25, -0.2) is 0 Å². The van der Waals surface area contributed by atoms with Crippen LogP contribution in [0.3, 0.4) is 0 Å². The van der Waals surface area contributed by atoms with E-state index in [1.165, 1.54) is 37.1 Å². The second-order valence-corrected chi connectivity index (χ2v) is 6.18. The Morgan fingerprint density at radius 1 is 1.32 bits per heavy atom. The monoisotopic (exact) mass is 260 g/mol. The molecule has 2 heteroatoms. The lowest BCUT2D eigenvalue weighted by Crippen LogP contribution is -2.48. The zero-order chi connectivity index (χ0) is 13.7. The minimum Gasteiger partial charge on any atom is -0.313 e. The molecular weight excluding hydrogens is 232 g/mol. The molecule has 1 aliphatic heterocycles. The molecule has 0 amide bonds. The number of nitrogens with zero attached hydrogens (tertiary/aromatic N) is 1. The zero-order valence-electron chi connectivity index (χ0n) is 12.7. The van der Waals surface area contributed by atoms with Gasteiger partial charge in [-0.3, -0.25) is 4.90 Å². The van der Waals surface area contributed by atoms with Gasteiger partial charge in [-0.15, -0.1) is 0 Å². The van der Waals surface area contributed by atoms with Gasteiger partial charge in [-0.2, -0.15) is 0 Å². The highest BCUT2D eigenvalue weighted by Crippen LogP contribution is 2.19. The van der Waals surface area contributed by atoms with E-state index in [0.717, 1.165) is 19.0 Å². The molecule has 1 aromatic carbocycles. The maximum absolute atomic E-state index is 3.69. The maximum Gasteiger partial charge on any atom is 0.0234 e. The van der Waals surface area contributed by atoms with Crippen molar-refractivity contribution in [3.8, 4) is 0 Å². The van der Waals surface area contributed by atoms with Crippen LogP contribution in [-0.4, -0.2) is 30.6 Å². The number of nitrogens with one attached hydrogen (secondary N) is 1. The van der Waals surface area contributed by atoms with Gasteiger partial charge in [0.1, 0.15) is 0 Å². The highest BCUT2D eigenvalue weighted by Gasteiger charge is 2.24. The summed E-state index contributed by atoms with van der Waals surface area (Å²) in [7, 11) is 0. The lowest BCUT2D eigenvalue weighted by atomic mass is 9.95. The fourth-order valence-electron chi connectivity index (χ4n) is 3.16. The van der Waals surface area contributed by atoms with E-state index in [2.05, 4.69) is 55.3 Å². The molecule has 1 N–H and O–H groups in total. The zero-order valence-corrected chi connectivity index (χ0v) is 12.7. The first-order valence-electron chi connectivity index (χ1n) is 7.68. The molecule has 1 heterocycles. The van der Waals surface area contributed by atoms with Crippen LogP contribution < -0.4 is 5.32 Å². The fraction of sp³-hybridized carbons (Fsp3) is 0.647. The van der Waals surface area contributed by atoms with Crippen molar-refractivity contribution in [3.63, 3.8) is 0 Å². The predicted octanol–water partition coefficient (Wildman–Crippen LogP) is 3.21. The lowest BCUT2D eigenvalue weighted by Gasteiger charge is -2.37. The third kappa shape index (κ3) is 4.63. The smallest absolute Gasteiger partial charge is 0.0234 e. The van der Waals surface area contributed by atoms with Crippen molar-refractivity contribution in [1.82, 2.24) is 10.2 Å². The van der Waals surface area contributed by atoms with Gasteiger partial charge in [-0.05, 0) is 37.8 Å². The van der Waals surface area contributed by atoms with Gasteiger partial charge >= 0.3 is 0 Å². The Kier molecular flexibility index (Phi) is 5.41. The molecule has 2 unspecified atom stereocenters. The minimum absolute atomic E-state index is 0.675. The van der Waals surface area contributed by atoms with Gasteiger partial charge in [0, 0.05) is 25.7 Å². The first-order valence-corrected chi connectivity index (χ1v) is 7.68. The van der Waals surface area contributed by atoms with E-state index in [1.807, 2.05) is 0 Å². The number of hydrogen-bond donors (Lipinski definition) is 1. The fourth-order valence-corrected chi connectivity index (χ4v) is 3.16. The Labute approximate surface area is 118 Å². The summed E-state index contributed by atoms with van der Waals surface area (Å²) in [6.45, 7) is 11.5. The molecular formula is C17H28N2. The molecule has 1 saturated heterocycles. The Morgan fingerprint density at radius 3 is 2.89 bits per heavy atom. The summed E-state index contributed by atoms with van der Waals surface area (Å²) in [6, 6.07) is 9.58. The highest BCUT2D eigenvalue weighted by atomic mass is 15.2. The molecule has 0 bridgehead atoms. The number of rotatable bonds is 5. The summed E-state index contributed by atoms with van der Waals surface area (Å²) < 4.78 is 0. The minimum atomic E-state index is 0.675. The average molecular weight is 260 g/mol. The van der Waals surface area contributed by atoms with Crippen molar-refractivity contribution in [2.24, 2.45) is 5.92 Å². The van der Waals surface area contributed by atoms with Crippen LogP contribution in [0, 0.1) is 12.8 Å². The van der Waals surface area contributed by atoms with E-state index < -0.39 is 0 Å². The number of likely N-dealkylation sites (tertiary alicyclic amines) is 1. The van der Waals surface area contributed by atoms with Crippen molar-refractivity contribution in [1.29, 1.82) is 0 Å². The SMILES string of the molecule is CCCNC1CC(C)CN(Cc2cccc(C)c2)C1. The summed E-state index contributed by atoms with van der Waals surface area (Å²) >= 11 is 0. The quantitative estimate of drug-likeness (QED) is 0.874. The third-order valence-corrected chi connectivity index (χ3v) is 3.91. The van der Waals surface area contributed by atoms with Crippen molar-refractivity contribution < 1.29 is 0 Å². The van der Waals surface area contributed by atoms with Crippen LogP contribution in [0.4, 0.5) is 0 Å². The van der Waals surface area contributed by atoms with Crippen LogP contribution in [0.1, 0.15) is 37.8 Å². The second kappa shape index (κ2) is 7.06. The predicted molar refractivity (Wildman–Crippen MR) is 82.3 cm³/mol. The molecule has 2 rings (SSSR count). The number of aryl methyl sites for hydroxylation is 1. The summed E-state index contributed by atoms with van der Waals surface area (Å²) in [5.41, 5.74) is 2.81. The summed E-state index contributed by atoms with van der Waals surface area (Å²) in [5, 5.41) is 3.69. The van der Waals surface area contributed by atoms with Crippen LogP contribution in [0.25, 0.3) is 0 Å². The van der Waals surface area contributed by atoms with E-state index in [1.54, 1.807) is 0 Å². The standard InChI is InChI=1S/C17H28N2/c1-4-8-18-17-10-15(3)11-19(13-17)12-16-7-5-6-14(2)9-16/h5-7,9,15,17-18H,4,8,10-13H2,1-3H3. The third-order valence-electron chi connectivity index (χ3n) is 3.91. The lowest BCUT2D eigenvalue weighted by molar-refractivity contribution is 0.142. The summed E-state index contributed by atoms with van der Waals surface area (Å²) in [4.78, 5) is 2.61. The van der Waals surface area contributed by atoms with Gasteiger partial charge < -0.3 is 5.32 Å². The molecule has 2 atom stereocenters. The van der Waals surface area contributed by atoms with Crippen LogP contribution in [0.15, 0.2) is 24.3 Å². The second-order valence-electron chi connectivity index (χ2n) is 6.18. The van der Waals surface area contributed by atoms with Gasteiger partial charge in [0.2, 0.25) is 0 Å². The van der Waals surface area contributed by atoms with Crippen molar-refractivity contribution in [2.75, 3.05) is 19.6 Å². The number of piperidine rings is 1.